The van der Waals surface area contributed by atoms with Gasteiger partial charge in [-0.2, -0.15) is 9.97 Å². The van der Waals surface area contributed by atoms with Crippen LogP contribution in [0, 0.1) is 5.92 Å². The van der Waals surface area contributed by atoms with Gasteiger partial charge in [0, 0.05) is 11.9 Å². The van der Waals surface area contributed by atoms with Crippen molar-refractivity contribution < 1.29 is 24.1 Å². The fourth-order valence-corrected chi connectivity index (χ4v) is 2.29. The Bertz CT molecular complexity index is 458. The highest BCUT2D eigenvalue weighted by Gasteiger charge is 2.28. The van der Waals surface area contributed by atoms with Crippen molar-refractivity contribution >= 4 is 5.97 Å². The van der Waals surface area contributed by atoms with Crippen LogP contribution in [-0.2, 0) is 4.79 Å². The molecule has 20 heavy (non-hydrogen) atoms. The van der Waals surface area contributed by atoms with Gasteiger partial charge in [-0.25, -0.2) is 0 Å². The number of carbonyl (C=O) groups is 1. The number of ether oxygens (including phenoxy) is 3. The van der Waals surface area contributed by atoms with E-state index >= 15 is 0 Å². The van der Waals surface area contributed by atoms with Gasteiger partial charge in [0.1, 0.15) is 6.10 Å². The summed E-state index contributed by atoms with van der Waals surface area (Å²) in [4.78, 5) is 19.2. The van der Waals surface area contributed by atoms with Gasteiger partial charge in [-0.3, -0.25) is 0 Å². The van der Waals surface area contributed by atoms with Crippen molar-refractivity contribution in [3.63, 3.8) is 0 Å². The van der Waals surface area contributed by atoms with E-state index in [1.165, 1.54) is 20.3 Å². The van der Waals surface area contributed by atoms with Gasteiger partial charge in [-0.1, -0.05) is 6.42 Å². The van der Waals surface area contributed by atoms with E-state index in [1.54, 1.807) is 0 Å². The van der Waals surface area contributed by atoms with Crippen molar-refractivity contribution in [2.75, 3.05) is 14.2 Å². The van der Waals surface area contributed by atoms with E-state index in [-0.39, 0.29) is 6.01 Å². The minimum Gasteiger partial charge on any atom is -0.550 e. The number of methoxy groups -OCH3 is 2. The highest BCUT2D eigenvalue weighted by Crippen LogP contribution is 2.28. The van der Waals surface area contributed by atoms with Crippen LogP contribution in [0.25, 0.3) is 0 Å². The molecule has 2 rings (SSSR count). The minimum absolute atomic E-state index is 0.0550. The fourth-order valence-electron chi connectivity index (χ4n) is 2.29. The minimum atomic E-state index is -1.09. The van der Waals surface area contributed by atoms with Crippen molar-refractivity contribution in [3.05, 3.63) is 6.07 Å². The molecule has 0 N–H and O–H groups in total. The van der Waals surface area contributed by atoms with Crippen molar-refractivity contribution in [3.8, 4) is 17.8 Å². The molecule has 7 heteroatoms. The predicted molar refractivity (Wildman–Crippen MR) is 66.5 cm³/mol. The van der Waals surface area contributed by atoms with E-state index < -0.39 is 18.0 Å². The molecule has 1 aromatic rings. The third-order valence-electron chi connectivity index (χ3n) is 3.34. The molecular formula is C13H17N2O5-. The van der Waals surface area contributed by atoms with E-state index in [4.69, 9.17) is 14.2 Å². The van der Waals surface area contributed by atoms with Gasteiger partial charge in [0.25, 0.3) is 0 Å². The second-order valence-electron chi connectivity index (χ2n) is 4.60. The summed E-state index contributed by atoms with van der Waals surface area (Å²) >= 11 is 0. The summed E-state index contributed by atoms with van der Waals surface area (Å²) in [6.07, 6.45) is 2.48. The molecule has 1 heterocycles. The van der Waals surface area contributed by atoms with Crippen LogP contribution >= 0.6 is 0 Å². The predicted octanol–water partition coefficient (Wildman–Crippen LogP) is 0.181. The van der Waals surface area contributed by atoms with Gasteiger partial charge in [0.2, 0.25) is 11.8 Å². The molecule has 0 aromatic carbocycles. The van der Waals surface area contributed by atoms with Crippen LogP contribution < -0.4 is 19.3 Å². The number of aliphatic carboxylic acids is 1. The molecule has 2 atom stereocenters. The lowest BCUT2D eigenvalue weighted by atomic mass is 9.86. The van der Waals surface area contributed by atoms with Gasteiger partial charge in [0.15, 0.2) is 0 Å². The number of carbonyl (C=O) groups excluding carboxylic acids is 1. The van der Waals surface area contributed by atoms with Crippen LogP contribution in [0.3, 0.4) is 0 Å². The third-order valence-corrected chi connectivity index (χ3v) is 3.34. The molecule has 7 nitrogen and oxygen atoms in total. The first kappa shape index (κ1) is 14.4. The largest absolute Gasteiger partial charge is 0.550 e. The SMILES string of the molecule is COc1cc(OC)nc(OC2CCCCC2C(=O)[O-])n1. The molecule has 0 spiro atoms. The molecule has 1 aliphatic rings. The first-order chi connectivity index (χ1) is 9.63. The van der Waals surface area contributed by atoms with Crippen LogP contribution in [0.5, 0.6) is 17.8 Å². The standard InChI is InChI=1S/C13H18N2O5/c1-18-10-7-11(19-2)15-13(14-10)20-9-6-4-3-5-8(9)12(16)17/h7-9H,3-6H2,1-2H3,(H,16,17)/p-1. The van der Waals surface area contributed by atoms with Crippen molar-refractivity contribution in [2.45, 2.75) is 31.8 Å². The zero-order chi connectivity index (χ0) is 14.5. The maximum Gasteiger partial charge on any atom is 0.323 e. The molecule has 1 fully saturated rings. The fraction of sp³-hybridized carbons (Fsp3) is 0.615. The van der Waals surface area contributed by atoms with Crippen LogP contribution in [0.1, 0.15) is 25.7 Å². The van der Waals surface area contributed by atoms with Gasteiger partial charge in [-0.05, 0) is 19.3 Å². The summed E-state index contributed by atoms with van der Waals surface area (Å²) < 4.78 is 15.7. The van der Waals surface area contributed by atoms with E-state index in [9.17, 15) is 9.90 Å². The summed E-state index contributed by atoms with van der Waals surface area (Å²) in [5, 5.41) is 11.1. The number of rotatable bonds is 5. The van der Waals surface area contributed by atoms with Crippen LogP contribution in [0.15, 0.2) is 6.07 Å². The number of hydrogen-bond donors (Lipinski definition) is 0. The van der Waals surface area contributed by atoms with E-state index in [2.05, 4.69) is 9.97 Å². The lowest BCUT2D eigenvalue weighted by molar-refractivity contribution is -0.314. The smallest absolute Gasteiger partial charge is 0.323 e. The Morgan fingerprint density at radius 2 is 1.80 bits per heavy atom. The van der Waals surface area contributed by atoms with Crippen LogP contribution in [0.2, 0.25) is 0 Å². The summed E-state index contributed by atoms with van der Waals surface area (Å²) in [5.74, 6) is -1.13. The highest BCUT2D eigenvalue weighted by molar-refractivity contribution is 5.68. The lowest BCUT2D eigenvalue weighted by Gasteiger charge is -2.31. The number of carboxylic acids is 1. The molecule has 110 valence electrons. The first-order valence-electron chi connectivity index (χ1n) is 6.48. The quantitative estimate of drug-likeness (QED) is 0.760. The Morgan fingerprint density at radius 1 is 1.20 bits per heavy atom. The van der Waals surface area contributed by atoms with Gasteiger partial charge in [0.05, 0.1) is 20.3 Å². The highest BCUT2D eigenvalue weighted by atomic mass is 16.5. The molecule has 0 aliphatic heterocycles. The molecule has 1 saturated carbocycles. The summed E-state index contributed by atoms with van der Waals surface area (Å²) in [5.41, 5.74) is 0. The Morgan fingerprint density at radius 3 is 2.35 bits per heavy atom. The average Bonchev–Trinajstić information content (AvgIpc) is 2.47. The van der Waals surface area contributed by atoms with Gasteiger partial charge >= 0.3 is 6.01 Å². The van der Waals surface area contributed by atoms with E-state index in [1.807, 2.05) is 0 Å². The first-order valence-corrected chi connectivity index (χ1v) is 6.48. The molecular weight excluding hydrogens is 264 g/mol. The number of nitrogens with zero attached hydrogens (tertiary/aromatic N) is 2. The maximum absolute atomic E-state index is 11.1. The zero-order valence-corrected chi connectivity index (χ0v) is 11.5. The van der Waals surface area contributed by atoms with Gasteiger partial charge < -0.3 is 24.1 Å². The molecule has 1 aromatic heterocycles. The molecule has 1 aliphatic carbocycles. The number of carboxylic acid groups (broad SMARTS) is 1. The monoisotopic (exact) mass is 281 g/mol. The van der Waals surface area contributed by atoms with Crippen LogP contribution in [-0.4, -0.2) is 36.3 Å². The molecule has 0 amide bonds. The van der Waals surface area contributed by atoms with Gasteiger partial charge in [-0.15, -0.1) is 0 Å². The number of hydrogen-bond acceptors (Lipinski definition) is 7. The van der Waals surface area contributed by atoms with Crippen molar-refractivity contribution in [1.29, 1.82) is 0 Å². The summed E-state index contributed by atoms with van der Waals surface area (Å²) in [7, 11) is 2.94. The second kappa shape index (κ2) is 6.40. The van der Waals surface area contributed by atoms with Crippen molar-refractivity contribution in [2.24, 2.45) is 5.92 Å². The Balaban J connectivity index is 2.17. The molecule has 0 radical (unpaired) electrons. The molecule has 0 saturated heterocycles. The molecule has 0 bridgehead atoms. The lowest BCUT2D eigenvalue weighted by Crippen LogP contribution is -2.43. The summed E-state index contributed by atoms with van der Waals surface area (Å²) in [6, 6.07) is 1.57. The average molecular weight is 281 g/mol. The van der Waals surface area contributed by atoms with Crippen molar-refractivity contribution in [1.82, 2.24) is 9.97 Å². The third kappa shape index (κ3) is 3.28. The Labute approximate surface area is 116 Å². The molecule has 2 unspecified atom stereocenters. The van der Waals surface area contributed by atoms with Crippen LogP contribution in [0.4, 0.5) is 0 Å². The maximum atomic E-state index is 11.1. The zero-order valence-electron chi connectivity index (χ0n) is 11.5. The Hall–Kier alpha value is -2.05. The summed E-state index contributed by atoms with van der Waals surface area (Å²) in [6.45, 7) is 0. The second-order valence-corrected chi connectivity index (χ2v) is 4.60. The topological polar surface area (TPSA) is 93.6 Å². The van der Waals surface area contributed by atoms with E-state index in [0.717, 1.165) is 12.8 Å². The normalized spacial score (nSPS) is 22.1. The number of aromatic nitrogens is 2. The van der Waals surface area contributed by atoms with E-state index in [0.29, 0.717) is 24.6 Å². The Kier molecular flexibility index (Phi) is 4.60.